The minimum absolute atomic E-state index is 0.0657. The molecule has 35 heavy (non-hydrogen) atoms. The highest BCUT2D eigenvalue weighted by molar-refractivity contribution is 6.03. The molecule has 2 atom stereocenters. The molecular weight excluding hydrogens is 444 g/mol. The number of nitrogens with zero attached hydrogens (tertiary/aromatic N) is 1. The lowest BCUT2D eigenvalue weighted by atomic mass is 9.98. The van der Waals surface area contributed by atoms with Gasteiger partial charge < -0.3 is 14.7 Å². The van der Waals surface area contributed by atoms with Gasteiger partial charge in [0.1, 0.15) is 6.61 Å². The number of ether oxygens (including phenoxy) is 1. The van der Waals surface area contributed by atoms with E-state index in [9.17, 15) is 19.5 Å². The maximum Gasteiger partial charge on any atom is 0.411 e. The van der Waals surface area contributed by atoms with Crippen LogP contribution in [0.5, 0.6) is 0 Å². The molecule has 0 bridgehead atoms. The third kappa shape index (κ3) is 4.25. The molecule has 2 N–H and O–H groups in total. The fourth-order valence-corrected chi connectivity index (χ4v) is 5.15. The zero-order chi connectivity index (χ0) is 24.5. The third-order valence-electron chi connectivity index (χ3n) is 6.95. The van der Waals surface area contributed by atoms with Crippen molar-refractivity contribution in [3.8, 4) is 11.1 Å². The van der Waals surface area contributed by atoms with Crippen LogP contribution in [0.2, 0.25) is 0 Å². The highest BCUT2D eigenvalue weighted by Crippen LogP contribution is 2.44. The minimum atomic E-state index is -0.905. The second kappa shape index (κ2) is 9.25. The number of carbonyl (C=O) groups is 3. The van der Waals surface area contributed by atoms with Crippen LogP contribution in [0.1, 0.15) is 34.3 Å². The summed E-state index contributed by atoms with van der Waals surface area (Å²) in [4.78, 5) is 38.9. The van der Waals surface area contributed by atoms with Gasteiger partial charge in [-0.05, 0) is 40.3 Å². The number of hydrogen-bond acceptors (Lipinski definition) is 4. The number of anilines is 1. The van der Waals surface area contributed by atoms with E-state index < -0.39 is 18.0 Å². The molecule has 2 amide bonds. The monoisotopic (exact) mass is 470 g/mol. The molecule has 3 aromatic rings. The second-order valence-electron chi connectivity index (χ2n) is 9.13. The van der Waals surface area contributed by atoms with Gasteiger partial charge in [-0.1, -0.05) is 67.6 Å². The number of carboxylic acids is 1. The van der Waals surface area contributed by atoms with Crippen LogP contribution in [0.15, 0.2) is 72.8 Å². The molecule has 2 unspecified atom stereocenters. The molecule has 1 aliphatic heterocycles. The van der Waals surface area contributed by atoms with Crippen molar-refractivity contribution in [1.82, 2.24) is 4.90 Å². The quantitative estimate of drug-likeness (QED) is 0.556. The number of aliphatic carboxylic acids is 1. The third-order valence-corrected chi connectivity index (χ3v) is 6.95. The number of hydrogen-bond donors (Lipinski definition) is 2. The van der Waals surface area contributed by atoms with E-state index in [4.69, 9.17) is 4.74 Å². The van der Waals surface area contributed by atoms with Gasteiger partial charge in [-0.3, -0.25) is 14.9 Å². The first-order valence-corrected chi connectivity index (χ1v) is 11.7. The summed E-state index contributed by atoms with van der Waals surface area (Å²) in [5.74, 6) is -2.02. The molecule has 0 radical (unpaired) electrons. The van der Waals surface area contributed by atoms with Gasteiger partial charge in [0, 0.05) is 19.0 Å². The fraction of sp³-hybridized carbons (Fsp3) is 0.250. The average molecular weight is 471 g/mol. The van der Waals surface area contributed by atoms with Crippen molar-refractivity contribution in [2.45, 2.75) is 12.8 Å². The molecule has 1 saturated heterocycles. The highest BCUT2D eigenvalue weighted by atomic mass is 16.5. The average Bonchev–Trinajstić information content (AvgIpc) is 3.41. The summed E-state index contributed by atoms with van der Waals surface area (Å²) in [6.07, 6.45) is -0.648. The van der Waals surface area contributed by atoms with E-state index in [1.165, 1.54) is 4.90 Å². The van der Waals surface area contributed by atoms with Gasteiger partial charge >= 0.3 is 12.1 Å². The van der Waals surface area contributed by atoms with E-state index in [2.05, 4.69) is 29.6 Å². The zero-order valence-corrected chi connectivity index (χ0v) is 19.3. The lowest BCUT2D eigenvalue weighted by Crippen LogP contribution is -2.31. The number of amides is 2. The molecule has 5 rings (SSSR count). The Hall–Kier alpha value is -4.13. The predicted molar refractivity (Wildman–Crippen MR) is 131 cm³/mol. The lowest BCUT2D eigenvalue weighted by molar-refractivity contribution is -0.142. The maximum atomic E-state index is 13.1. The van der Waals surface area contributed by atoms with E-state index in [1.54, 1.807) is 24.3 Å². The number of nitrogens with one attached hydrogen (secondary N) is 1. The van der Waals surface area contributed by atoms with Gasteiger partial charge in [0.2, 0.25) is 0 Å². The van der Waals surface area contributed by atoms with Gasteiger partial charge in [-0.25, -0.2) is 4.79 Å². The number of para-hydroxylation sites is 1. The lowest BCUT2D eigenvalue weighted by Gasteiger charge is -2.19. The number of rotatable bonds is 5. The Balaban J connectivity index is 1.28. The first kappa shape index (κ1) is 22.7. The van der Waals surface area contributed by atoms with Crippen LogP contribution in [-0.2, 0) is 9.53 Å². The van der Waals surface area contributed by atoms with Crippen LogP contribution < -0.4 is 5.32 Å². The van der Waals surface area contributed by atoms with E-state index in [-0.39, 0.29) is 30.9 Å². The van der Waals surface area contributed by atoms with Crippen LogP contribution in [0, 0.1) is 11.8 Å². The van der Waals surface area contributed by atoms with Gasteiger partial charge in [0.15, 0.2) is 0 Å². The largest absolute Gasteiger partial charge is 0.481 e. The van der Waals surface area contributed by atoms with Crippen LogP contribution >= 0.6 is 0 Å². The summed E-state index contributed by atoms with van der Waals surface area (Å²) >= 11 is 0. The van der Waals surface area contributed by atoms with Crippen LogP contribution in [0.25, 0.3) is 11.1 Å². The Kier molecular flexibility index (Phi) is 5.99. The summed E-state index contributed by atoms with van der Waals surface area (Å²) in [6, 6.07) is 22.9. The minimum Gasteiger partial charge on any atom is -0.481 e. The zero-order valence-electron chi connectivity index (χ0n) is 19.3. The van der Waals surface area contributed by atoms with Crippen molar-refractivity contribution in [2.75, 3.05) is 25.0 Å². The fourth-order valence-electron chi connectivity index (χ4n) is 5.15. The number of benzene rings is 3. The molecule has 0 saturated carbocycles. The van der Waals surface area contributed by atoms with Crippen molar-refractivity contribution >= 4 is 23.7 Å². The molecule has 1 fully saturated rings. The molecule has 178 valence electrons. The van der Waals surface area contributed by atoms with Crippen molar-refractivity contribution in [1.29, 1.82) is 0 Å². The van der Waals surface area contributed by atoms with E-state index in [1.807, 2.05) is 31.2 Å². The molecule has 7 nitrogen and oxygen atoms in total. The number of likely N-dealkylation sites (tertiary alicyclic amines) is 1. The summed E-state index contributed by atoms with van der Waals surface area (Å²) in [5.41, 5.74) is 5.17. The van der Waals surface area contributed by atoms with Crippen molar-refractivity contribution in [3.05, 3.63) is 89.5 Å². The van der Waals surface area contributed by atoms with Gasteiger partial charge in [0.05, 0.1) is 17.2 Å². The van der Waals surface area contributed by atoms with E-state index >= 15 is 0 Å². The van der Waals surface area contributed by atoms with Crippen LogP contribution in [-0.4, -0.2) is 47.7 Å². The molecular formula is C28H26N2O5. The second-order valence-corrected chi connectivity index (χ2v) is 9.13. The number of fused-ring (bicyclic) bond motifs is 3. The smallest absolute Gasteiger partial charge is 0.411 e. The number of carbonyl (C=O) groups excluding carboxylic acids is 2. The normalized spacial score (nSPS) is 18.6. The molecule has 3 aromatic carbocycles. The van der Waals surface area contributed by atoms with Gasteiger partial charge in [-0.2, -0.15) is 0 Å². The molecule has 0 spiro atoms. The van der Waals surface area contributed by atoms with Gasteiger partial charge in [-0.15, -0.1) is 0 Å². The molecule has 1 aliphatic carbocycles. The number of carboxylic acid groups (broad SMARTS) is 1. The topological polar surface area (TPSA) is 95.9 Å². The van der Waals surface area contributed by atoms with Crippen LogP contribution in [0.4, 0.5) is 10.5 Å². The van der Waals surface area contributed by atoms with Gasteiger partial charge in [0.25, 0.3) is 5.91 Å². The summed E-state index contributed by atoms with van der Waals surface area (Å²) in [6.45, 7) is 2.50. The standard InChI is InChI=1S/C28H26N2O5/c1-17-14-30(15-23(17)27(32)33)26(31)22-12-6-7-13-25(22)29-28(34)35-16-24-20-10-4-2-8-18(20)19-9-3-5-11-21(19)24/h2-13,17,23-24H,14-16H2,1H3,(H,29,34)(H,32,33). The summed E-state index contributed by atoms with van der Waals surface area (Å²) in [7, 11) is 0. The van der Waals surface area contributed by atoms with Crippen molar-refractivity contribution in [3.63, 3.8) is 0 Å². The molecule has 7 heteroatoms. The Morgan fingerprint density at radius 3 is 2.14 bits per heavy atom. The molecule has 2 aliphatic rings. The van der Waals surface area contributed by atoms with E-state index in [0.29, 0.717) is 17.8 Å². The Bertz CT molecular complexity index is 1260. The van der Waals surface area contributed by atoms with E-state index in [0.717, 1.165) is 22.3 Å². The highest BCUT2D eigenvalue weighted by Gasteiger charge is 2.37. The SMILES string of the molecule is CC1CN(C(=O)c2ccccc2NC(=O)OCC2c3ccccc3-c3ccccc32)CC1C(=O)O. The Morgan fingerprint density at radius 2 is 1.51 bits per heavy atom. The Morgan fingerprint density at radius 1 is 0.914 bits per heavy atom. The van der Waals surface area contributed by atoms with Crippen molar-refractivity contribution in [2.24, 2.45) is 11.8 Å². The molecule has 0 aromatic heterocycles. The Labute approximate surface area is 203 Å². The van der Waals surface area contributed by atoms with Crippen molar-refractivity contribution < 1.29 is 24.2 Å². The summed E-state index contributed by atoms with van der Waals surface area (Å²) < 4.78 is 5.62. The first-order valence-electron chi connectivity index (χ1n) is 11.7. The predicted octanol–water partition coefficient (Wildman–Crippen LogP) is 4.84. The maximum absolute atomic E-state index is 13.1. The molecule has 1 heterocycles. The van der Waals surface area contributed by atoms with Crippen LogP contribution in [0.3, 0.4) is 0 Å². The first-order chi connectivity index (χ1) is 16.9. The summed E-state index contributed by atoms with van der Waals surface area (Å²) in [5, 5.41) is 12.1.